The van der Waals surface area contributed by atoms with Crippen LogP contribution in [0.1, 0.15) is 20.8 Å². The van der Waals surface area contributed by atoms with E-state index in [4.69, 9.17) is 4.74 Å². The zero-order valence-electron chi connectivity index (χ0n) is 11.8. The van der Waals surface area contributed by atoms with Crippen molar-refractivity contribution in [1.29, 1.82) is 0 Å². The van der Waals surface area contributed by atoms with Gasteiger partial charge in [0.1, 0.15) is 18.3 Å². The first-order valence-corrected chi connectivity index (χ1v) is 6.60. The largest absolute Gasteiger partial charge is 0.392 e. The van der Waals surface area contributed by atoms with Crippen molar-refractivity contribution in [1.82, 2.24) is 0 Å². The van der Waals surface area contributed by atoms with Crippen molar-refractivity contribution in [2.45, 2.75) is 44.7 Å². The van der Waals surface area contributed by atoms with Crippen LogP contribution in [0.5, 0.6) is 0 Å². The number of aliphatic hydroxyl groups excluding tert-OH is 3. The monoisotopic (exact) mass is 280 g/mol. The van der Waals surface area contributed by atoms with E-state index in [1.54, 1.807) is 19.1 Å². The molecule has 1 saturated heterocycles. The second kappa shape index (κ2) is 5.26. The van der Waals surface area contributed by atoms with E-state index >= 15 is 0 Å². The van der Waals surface area contributed by atoms with Crippen LogP contribution in [0.3, 0.4) is 0 Å². The molecule has 4 atom stereocenters. The zero-order valence-corrected chi connectivity index (χ0v) is 11.8. The maximum atomic E-state index is 12.6. The summed E-state index contributed by atoms with van der Waals surface area (Å²) < 4.78 is 5.38. The van der Waals surface area contributed by atoms with Crippen molar-refractivity contribution >= 4 is 5.78 Å². The molecule has 0 spiro atoms. The second-order valence-corrected chi connectivity index (χ2v) is 5.39. The van der Waals surface area contributed by atoms with Gasteiger partial charge < -0.3 is 20.1 Å². The number of Topliss-reactive ketones (excluding diaryl/α,β-unsaturated/α-hetero) is 1. The van der Waals surface area contributed by atoms with Crippen molar-refractivity contribution in [2.24, 2.45) is 0 Å². The highest BCUT2D eigenvalue weighted by Gasteiger charge is 2.71. The Morgan fingerprint density at radius 2 is 2.15 bits per heavy atom. The summed E-state index contributed by atoms with van der Waals surface area (Å²) in [7, 11) is 0. The van der Waals surface area contributed by atoms with E-state index in [1.165, 1.54) is 6.08 Å². The van der Waals surface area contributed by atoms with Crippen LogP contribution in [-0.4, -0.2) is 51.6 Å². The average Bonchev–Trinajstić information content (AvgIpc) is 3.13. The Morgan fingerprint density at radius 1 is 1.50 bits per heavy atom. The lowest BCUT2D eigenvalue weighted by Gasteiger charge is -2.26. The fourth-order valence-corrected chi connectivity index (χ4v) is 2.70. The SMILES string of the molecule is C/C=C/C1=C(CO)[C@@H](O)[C@@H]2O[C@]2([C@H](O)C=C(C)C)C1=O. The molecular weight excluding hydrogens is 260 g/mol. The number of carbonyl (C=O) groups excluding carboxylic acids is 1. The van der Waals surface area contributed by atoms with E-state index < -0.39 is 30.5 Å². The maximum Gasteiger partial charge on any atom is 0.200 e. The number of carbonyl (C=O) groups is 1. The van der Waals surface area contributed by atoms with Gasteiger partial charge in [-0.05, 0) is 26.3 Å². The quantitative estimate of drug-likeness (QED) is 0.507. The summed E-state index contributed by atoms with van der Waals surface area (Å²) in [6.45, 7) is 4.94. The Bertz CT molecular complexity index is 512. The maximum absolute atomic E-state index is 12.6. The van der Waals surface area contributed by atoms with Crippen molar-refractivity contribution in [2.75, 3.05) is 6.61 Å². The minimum Gasteiger partial charge on any atom is -0.392 e. The summed E-state index contributed by atoms with van der Waals surface area (Å²) in [5, 5.41) is 29.8. The molecular formula is C15H20O5. The summed E-state index contributed by atoms with van der Waals surface area (Å²) in [4.78, 5) is 12.6. The van der Waals surface area contributed by atoms with Crippen molar-refractivity contribution in [3.8, 4) is 0 Å². The van der Waals surface area contributed by atoms with Crippen LogP contribution < -0.4 is 0 Å². The molecule has 2 aliphatic rings. The van der Waals surface area contributed by atoms with E-state index in [9.17, 15) is 20.1 Å². The van der Waals surface area contributed by atoms with Crippen LogP contribution in [0.4, 0.5) is 0 Å². The number of hydrogen-bond donors (Lipinski definition) is 3. The van der Waals surface area contributed by atoms with E-state index in [2.05, 4.69) is 0 Å². The predicted molar refractivity (Wildman–Crippen MR) is 73.0 cm³/mol. The molecule has 0 bridgehead atoms. The van der Waals surface area contributed by atoms with Crippen LogP contribution in [0.25, 0.3) is 0 Å². The Balaban J connectivity index is 2.46. The molecule has 5 heteroatoms. The van der Waals surface area contributed by atoms with E-state index in [-0.39, 0.29) is 16.9 Å². The molecule has 0 aromatic heterocycles. The van der Waals surface area contributed by atoms with Gasteiger partial charge in [-0.25, -0.2) is 0 Å². The second-order valence-electron chi connectivity index (χ2n) is 5.39. The van der Waals surface area contributed by atoms with Crippen molar-refractivity contribution < 1.29 is 24.9 Å². The van der Waals surface area contributed by atoms with Gasteiger partial charge >= 0.3 is 0 Å². The molecule has 0 amide bonds. The molecule has 2 rings (SSSR count). The molecule has 0 aromatic rings. The molecule has 110 valence electrons. The van der Waals surface area contributed by atoms with Gasteiger partial charge in [0.2, 0.25) is 5.78 Å². The van der Waals surface area contributed by atoms with Gasteiger partial charge in [-0.15, -0.1) is 0 Å². The lowest BCUT2D eigenvalue weighted by atomic mass is 9.77. The summed E-state index contributed by atoms with van der Waals surface area (Å²) in [6, 6.07) is 0. The third kappa shape index (κ3) is 2.07. The molecule has 5 nitrogen and oxygen atoms in total. The summed E-state index contributed by atoms with van der Waals surface area (Å²) in [5.41, 5.74) is -0.0921. The third-order valence-electron chi connectivity index (χ3n) is 3.71. The Labute approximate surface area is 117 Å². The number of ether oxygens (including phenoxy) is 1. The number of aliphatic hydroxyl groups is 3. The standard InChI is InChI=1S/C15H20O5/c1-4-5-9-10(7-16)12(18)14-15(20-14,13(9)19)11(17)6-8(2)3/h4-6,11-12,14,16-18H,7H2,1-3H3/b5-4+/t11-,12-,14+,15-/m1/s1. The molecule has 1 fully saturated rings. The highest BCUT2D eigenvalue weighted by atomic mass is 16.6. The minimum atomic E-state index is -1.41. The van der Waals surface area contributed by atoms with Crippen molar-refractivity contribution in [3.05, 3.63) is 34.9 Å². The molecule has 1 heterocycles. The minimum absolute atomic E-state index is 0.220. The number of epoxide rings is 1. The summed E-state index contributed by atoms with van der Waals surface area (Å²) >= 11 is 0. The number of ketones is 1. The third-order valence-corrected chi connectivity index (χ3v) is 3.71. The van der Waals surface area contributed by atoms with Gasteiger partial charge in [0.05, 0.1) is 6.61 Å². The van der Waals surface area contributed by atoms with Crippen LogP contribution >= 0.6 is 0 Å². The van der Waals surface area contributed by atoms with E-state index in [0.29, 0.717) is 0 Å². The molecule has 0 radical (unpaired) electrons. The molecule has 0 aromatic carbocycles. The number of rotatable bonds is 4. The predicted octanol–water partition coefficient (Wildman–Crippen LogP) is 0.260. The number of fused-ring (bicyclic) bond motifs is 1. The van der Waals surface area contributed by atoms with Crippen LogP contribution in [0, 0.1) is 0 Å². The average molecular weight is 280 g/mol. The molecule has 1 aliphatic carbocycles. The smallest absolute Gasteiger partial charge is 0.200 e. The summed E-state index contributed by atoms with van der Waals surface area (Å²) in [5.74, 6) is -0.389. The Hall–Kier alpha value is -1.27. The van der Waals surface area contributed by atoms with Crippen molar-refractivity contribution in [3.63, 3.8) is 0 Å². The van der Waals surface area contributed by atoms with Gasteiger partial charge in [0, 0.05) is 5.57 Å². The first-order chi connectivity index (χ1) is 9.40. The Kier molecular flexibility index (Phi) is 3.97. The molecule has 0 unspecified atom stereocenters. The summed E-state index contributed by atoms with van der Waals surface area (Å²) in [6.07, 6.45) is 1.74. The van der Waals surface area contributed by atoms with Crippen LogP contribution in [0.15, 0.2) is 34.9 Å². The fraction of sp³-hybridized carbons (Fsp3) is 0.533. The first kappa shape index (κ1) is 15.1. The van der Waals surface area contributed by atoms with Crippen LogP contribution in [0.2, 0.25) is 0 Å². The van der Waals surface area contributed by atoms with Gasteiger partial charge in [-0.2, -0.15) is 0 Å². The zero-order chi connectivity index (χ0) is 15.1. The number of allylic oxidation sites excluding steroid dienone is 3. The first-order valence-electron chi connectivity index (χ1n) is 6.60. The normalized spacial score (nSPS) is 34.2. The lowest BCUT2D eigenvalue weighted by molar-refractivity contribution is -0.123. The van der Waals surface area contributed by atoms with Crippen LogP contribution in [-0.2, 0) is 9.53 Å². The molecule has 20 heavy (non-hydrogen) atoms. The van der Waals surface area contributed by atoms with Gasteiger partial charge in [-0.3, -0.25) is 4.79 Å². The fourth-order valence-electron chi connectivity index (χ4n) is 2.70. The number of hydrogen-bond acceptors (Lipinski definition) is 5. The van der Waals surface area contributed by atoms with Gasteiger partial charge in [0.25, 0.3) is 0 Å². The molecule has 1 aliphatic heterocycles. The highest BCUT2D eigenvalue weighted by molar-refractivity contribution is 6.09. The lowest BCUT2D eigenvalue weighted by Crippen LogP contribution is -2.47. The van der Waals surface area contributed by atoms with E-state index in [0.717, 1.165) is 5.57 Å². The molecule has 0 saturated carbocycles. The highest BCUT2D eigenvalue weighted by Crippen LogP contribution is 2.50. The molecule has 3 N–H and O–H groups in total. The Morgan fingerprint density at radius 3 is 2.65 bits per heavy atom. The van der Waals surface area contributed by atoms with Gasteiger partial charge in [-0.1, -0.05) is 23.8 Å². The van der Waals surface area contributed by atoms with Gasteiger partial charge in [0.15, 0.2) is 5.60 Å². The van der Waals surface area contributed by atoms with E-state index in [1.807, 2.05) is 13.8 Å². The topological polar surface area (TPSA) is 90.3 Å².